The van der Waals surface area contributed by atoms with Crippen molar-refractivity contribution in [2.45, 2.75) is 13.0 Å². The number of nitrogens with one attached hydrogen (secondary N) is 1. The van der Waals surface area contributed by atoms with E-state index in [0.717, 1.165) is 16.5 Å². The minimum Gasteiger partial charge on any atom is -0.497 e. The molecule has 0 aliphatic rings. The van der Waals surface area contributed by atoms with E-state index in [9.17, 15) is 4.79 Å². The lowest BCUT2D eigenvalue weighted by atomic mass is 10.1. The molecule has 5 nitrogen and oxygen atoms in total. The molecule has 130 valence electrons. The number of hydrogen-bond acceptors (Lipinski definition) is 4. The van der Waals surface area contributed by atoms with Crippen LogP contribution in [0.15, 0.2) is 60.7 Å². The monoisotopic (exact) mass is 346 g/mol. The number of nitrogens with zero attached hydrogens (tertiary/aromatic N) is 1. The summed E-state index contributed by atoms with van der Waals surface area (Å²) in [5, 5.41) is 13.7. The van der Waals surface area contributed by atoms with E-state index in [1.165, 1.54) is 0 Å². The van der Waals surface area contributed by atoms with Crippen molar-refractivity contribution < 1.29 is 14.3 Å². The molecule has 0 aliphatic heterocycles. The zero-order valence-corrected chi connectivity index (χ0v) is 14.5. The zero-order chi connectivity index (χ0) is 18.5. The molecule has 5 heteroatoms. The van der Waals surface area contributed by atoms with Crippen molar-refractivity contribution in [2.75, 3.05) is 12.4 Å². The van der Waals surface area contributed by atoms with Gasteiger partial charge >= 0.3 is 0 Å². The SMILES string of the molecule is COc1ccc2ccc(O[C@H](C)C(=O)Nc3cccc(C#N)c3)cc2c1. The second-order valence-corrected chi connectivity index (χ2v) is 5.82. The third-order valence-corrected chi connectivity index (χ3v) is 3.96. The zero-order valence-electron chi connectivity index (χ0n) is 14.5. The molecule has 0 aliphatic carbocycles. The van der Waals surface area contributed by atoms with Gasteiger partial charge in [0.15, 0.2) is 6.10 Å². The fraction of sp³-hybridized carbons (Fsp3) is 0.143. The standard InChI is InChI=1S/C21H18N2O3/c1-14(21(24)23-18-5-3-4-15(10-18)13-22)26-20-9-7-16-6-8-19(25-2)11-17(16)12-20/h3-12,14H,1-2H3,(H,23,24)/t14-/m1/s1. The number of anilines is 1. The lowest BCUT2D eigenvalue weighted by molar-refractivity contribution is -0.122. The van der Waals surface area contributed by atoms with E-state index in [4.69, 9.17) is 14.7 Å². The Morgan fingerprint density at radius 3 is 2.50 bits per heavy atom. The van der Waals surface area contributed by atoms with Crippen molar-refractivity contribution in [3.63, 3.8) is 0 Å². The van der Waals surface area contributed by atoms with E-state index in [-0.39, 0.29) is 5.91 Å². The summed E-state index contributed by atoms with van der Waals surface area (Å²) in [6.07, 6.45) is -0.691. The molecule has 0 saturated carbocycles. The molecule has 3 aromatic carbocycles. The van der Waals surface area contributed by atoms with E-state index < -0.39 is 6.10 Å². The highest BCUT2D eigenvalue weighted by molar-refractivity contribution is 5.94. The maximum atomic E-state index is 12.3. The van der Waals surface area contributed by atoms with Gasteiger partial charge in [-0.1, -0.05) is 18.2 Å². The number of nitriles is 1. The Balaban J connectivity index is 1.72. The molecule has 3 aromatic rings. The molecule has 0 spiro atoms. The van der Waals surface area contributed by atoms with Crippen LogP contribution in [0.4, 0.5) is 5.69 Å². The van der Waals surface area contributed by atoms with Crippen LogP contribution in [0.25, 0.3) is 10.8 Å². The van der Waals surface area contributed by atoms with Crippen LogP contribution in [0, 0.1) is 11.3 Å². The van der Waals surface area contributed by atoms with Gasteiger partial charge in [0, 0.05) is 5.69 Å². The Labute approximate surface area is 151 Å². The summed E-state index contributed by atoms with van der Waals surface area (Å²) in [6, 6.07) is 20.2. The topological polar surface area (TPSA) is 71.3 Å². The minimum atomic E-state index is -0.691. The predicted octanol–water partition coefficient (Wildman–Crippen LogP) is 4.13. The Kier molecular flexibility index (Phi) is 5.04. The van der Waals surface area contributed by atoms with Crippen LogP contribution in [-0.2, 0) is 4.79 Å². The van der Waals surface area contributed by atoms with E-state index in [0.29, 0.717) is 17.0 Å². The summed E-state index contributed by atoms with van der Waals surface area (Å²) in [5.41, 5.74) is 1.05. The van der Waals surface area contributed by atoms with Crippen molar-refractivity contribution in [2.24, 2.45) is 0 Å². The highest BCUT2D eigenvalue weighted by Crippen LogP contribution is 2.25. The van der Waals surface area contributed by atoms with Crippen molar-refractivity contribution in [3.05, 3.63) is 66.2 Å². The Morgan fingerprint density at radius 1 is 1.04 bits per heavy atom. The second kappa shape index (κ2) is 7.58. The van der Waals surface area contributed by atoms with E-state index in [2.05, 4.69) is 5.32 Å². The summed E-state index contributed by atoms with van der Waals surface area (Å²) in [4.78, 5) is 12.3. The normalized spacial score (nSPS) is 11.4. The smallest absolute Gasteiger partial charge is 0.265 e. The molecular weight excluding hydrogens is 328 g/mol. The van der Waals surface area contributed by atoms with Gasteiger partial charge in [0.1, 0.15) is 11.5 Å². The minimum absolute atomic E-state index is 0.286. The second-order valence-electron chi connectivity index (χ2n) is 5.82. The van der Waals surface area contributed by atoms with Gasteiger partial charge in [-0.25, -0.2) is 0 Å². The molecule has 0 bridgehead atoms. The average Bonchev–Trinajstić information content (AvgIpc) is 2.67. The van der Waals surface area contributed by atoms with Crippen molar-refractivity contribution >= 4 is 22.4 Å². The van der Waals surface area contributed by atoms with Gasteiger partial charge in [-0.15, -0.1) is 0 Å². The van der Waals surface area contributed by atoms with Crippen LogP contribution < -0.4 is 14.8 Å². The Morgan fingerprint density at radius 2 is 1.77 bits per heavy atom. The number of hydrogen-bond donors (Lipinski definition) is 1. The highest BCUT2D eigenvalue weighted by atomic mass is 16.5. The van der Waals surface area contributed by atoms with Gasteiger partial charge in [-0.2, -0.15) is 5.26 Å². The molecule has 0 radical (unpaired) electrons. The summed E-state index contributed by atoms with van der Waals surface area (Å²) in [5.74, 6) is 1.07. The van der Waals surface area contributed by atoms with Gasteiger partial charge in [0.05, 0.1) is 18.7 Å². The number of benzene rings is 3. The van der Waals surface area contributed by atoms with E-state index in [1.54, 1.807) is 38.3 Å². The first-order valence-corrected chi connectivity index (χ1v) is 8.14. The fourth-order valence-electron chi connectivity index (χ4n) is 2.57. The lowest BCUT2D eigenvalue weighted by Crippen LogP contribution is -2.30. The van der Waals surface area contributed by atoms with Gasteiger partial charge in [-0.3, -0.25) is 4.79 Å². The Hall–Kier alpha value is -3.52. The molecule has 0 heterocycles. The van der Waals surface area contributed by atoms with Crippen LogP contribution in [0.3, 0.4) is 0 Å². The van der Waals surface area contributed by atoms with Crippen LogP contribution in [0.5, 0.6) is 11.5 Å². The van der Waals surface area contributed by atoms with Crippen LogP contribution in [0.1, 0.15) is 12.5 Å². The maximum absolute atomic E-state index is 12.3. The number of rotatable bonds is 5. The molecule has 1 N–H and O–H groups in total. The molecule has 0 unspecified atom stereocenters. The van der Waals surface area contributed by atoms with Crippen molar-refractivity contribution in [1.82, 2.24) is 0 Å². The molecule has 1 amide bonds. The van der Waals surface area contributed by atoms with Gasteiger partial charge in [0.25, 0.3) is 5.91 Å². The first-order chi connectivity index (χ1) is 12.6. The van der Waals surface area contributed by atoms with Crippen LogP contribution in [-0.4, -0.2) is 19.1 Å². The Bertz CT molecular complexity index is 992. The summed E-state index contributed by atoms with van der Waals surface area (Å²) < 4.78 is 11.0. The molecule has 0 saturated heterocycles. The summed E-state index contributed by atoms with van der Waals surface area (Å²) >= 11 is 0. The van der Waals surface area contributed by atoms with Crippen LogP contribution in [0.2, 0.25) is 0 Å². The molecule has 3 rings (SSSR count). The first kappa shape index (κ1) is 17.3. The van der Waals surface area contributed by atoms with Crippen molar-refractivity contribution in [1.29, 1.82) is 5.26 Å². The third-order valence-electron chi connectivity index (χ3n) is 3.96. The molecule has 0 fully saturated rings. The number of carbonyl (C=O) groups is 1. The maximum Gasteiger partial charge on any atom is 0.265 e. The van der Waals surface area contributed by atoms with Crippen molar-refractivity contribution in [3.8, 4) is 17.6 Å². The number of fused-ring (bicyclic) bond motifs is 1. The fourth-order valence-corrected chi connectivity index (χ4v) is 2.57. The predicted molar refractivity (Wildman–Crippen MR) is 100 cm³/mol. The summed E-state index contributed by atoms with van der Waals surface area (Å²) in [6.45, 7) is 1.68. The average molecular weight is 346 g/mol. The van der Waals surface area contributed by atoms with E-state index in [1.807, 2.05) is 42.5 Å². The molecular formula is C21H18N2O3. The third kappa shape index (κ3) is 3.93. The molecule has 0 aromatic heterocycles. The number of ether oxygens (including phenoxy) is 2. The lowest BCUT2D eigenvalue weighted by Gasteiger charge is -2.15. The summed E-state index contributed by atoms with van der Waals surface area (Å²) in [7, 11) is 1.62. The highest BCUT2D eigenvalue weighted by Gasteiger charge is 2.15. The largest absolute Gasteiger partial charge is 0.497 e. The number of carbonyl (C=O) groups excluding carboxylic acids is 1. The molecule has 26 heavy (non-hydrogen) atoms. The van der Waals surface area contributed by atoms with Gasteiger partial charge < -0.3 is 14.8 Å². The molecule has 1 atom stereocenters. The first-order valence-electron chi connectivity index (χ1n) is 8.14. The quantitative estimate of drug-likeness (QED) is 0.754. The number of amides is 1. The van der Waals surface area contributed by atoms with Gasteiger partial charge in [0.2, 0.25) is 0 Å². The number of methoxy groups -OCH3 is 1. The van der Waals surface area contributed by atoms with Gasteiger partial charge in [-0.05, 0) is 60.2 Å². The van der Waals surface area contributed by atoms with Crippen LogP contribution >= 0.6 is 0 Å². The van der Waals surface area contributed by atoms with E-state index >= 15 is 0 Å².